The number of hydrogen-bond acceptors (Lipinski definition) is 4. The van der Waals surface area contributed by atoms with Crippen LogP contribution >= 0.6 is 38.5 Å². The van der Waals surface area contributed by atoms with Gasteiger partial charge in [-0.15, -0.1) is 0 Å². The first kappa shape index (κ1) is 19.5. The van der Waals surface area contributed by atoms with Crippen LogP contribution in [-0.2, 0) is 11.2 Å². The Hall–Kier alpha value is -1.48. The van der Waals surface area contributed by atoms with E-state index in [2.05, 4.69) is 55.6 Å². The Morgan fingerprint density at radius 2 is 1.86 bits per heavy atom. The first-order chi connectivity index (χ1) is 14.0. The average molecular weight is 564 g/mol. The minimum atomic E-state index is -1.43. The zero-order valence-corrected chi connectivity index (χ0v) is 19.2. The molecule has 0 unspecified atom stereocenters. The van der Waals surface area contributed by atoms with E-state index in [4.69, 9.17) is 4.74 Å². The molecule has 5 rings (SSSR count). The summed E-state index contributed by atoms with van der Waals surface area (Å²) in [6.07, 6.45) is 2.34. The molecule has 4 atom stereocenters. The maximum Gasteiger partial charge on any atom is 0.175 e. The number of ether oxygens (including phenoxy) is 1. The molecule has 0 radical (unpaired) electrons. The number of benzene rings is 2. The second-order valence-electron chi connectivity index (χ2n) is 7.69. The zero-order chi connectivity index (χ0) is 20.2. The fraction of sp³-hybridized carbons (Fsp3) is 0.261. The molecule has 2 aromatic carbocycles. The summed E-state index contributed by atoms with van der Waals surface area (Å²) >= 11 is 5.70. The number of aliphatic hydroxyl groups excluding tert-OH is 1. The molecule has 0 spiro atoms. The van der Waals surface area contributed by atoms with Gasteiger partial charge in [0.2, 0.25) is 0 Å². The smallest absolute Gasteiger partial charge is 0.175 e. The van der Waals surface area contributed by atoms with Crippen LogP contribution in [0, 0.1) is 9.49 Å². The summed E-state index contributed by atoms with van der Waals surface area (Å²) in [7, 11) is 0. The van der Waals surface area contributed by atoms with Gasteiger partial charge in [-0.3, -0.25) is 4.98 Å². The van der Waals surface area contributed by atoms with Crippen molar-refractivity contribution in [2.45, 2.75) is 23.5 Å². The molecule has 0 saturated heterocycles. The van der Waals surface area contributed by atoms with E-state index < -0.39 is 17.1 Å². The Kier molecular flexibility index (Phi) is 4.73. The highest BCUT2D eigenvalue weighted by Gasteiger charge is 2.73. The Morgan fingerprint density at radius 1 is 1.14 bits per heavy atom. The standard InChI is InChI=1S/C23H19BrINO3/c24-17-8-6-15(7-9-17)23-19(14-4-2-1-3-5-14)10-16(13-27)22(23,28)21-20(29-23)11-18(25)12-26-21/h1-9,11-12,16,19,27-28H,10,13H2/t16-,19+,22-,23+/m1/s1. The van der Waals surface area contributed by atoms with Crippen molar-refractivity contribution in [2.24, 2.45) is 5.92 Å². The van der Waals surface area contributed by atoms with Crippen LogP contribution < -0.4 is 4.74 Å². The maximum absolute atomic E-state index is 12.3. The van der Waals surface area contributed by atoms with Crippen molar-refractivity contribution in [3.8, 4) is 5.75 Å². The lowest BCUT2D eigenvalue weighted by Gasteiger charge is -2.41. The lowest BCUT2D eigenvalue weighted by molar-refractivity contribution is -0.136. The predicted molar refractivity (Wildman–Crippen MR) is 122 cm³/mol. The summed E-state index contributed by atoms with van der Waals surface area (Å²) in [4.78, 5) is 4.58. The molecule has 6 heteroatoms. The van der Waals surface area contributed by atoms with Crippen LogP contribution in [0.25, 0.3) is 0 Å². The summed E-state index contributed by atoms with van der Waals surface area (Å²) in [6.45, 7) is -0.144. The molecular formula is C23H19BrINO3. The van der Waals surface area contributed by atoms with E-state index in [1.54, 1.807) is 6.20 Å². The molecule has 1 aliphatic heterocycles. The number of pyridine rings is 1. The van der Waals surface area contributed by atoms with Crippen molar-refractivity contribution in [1.29, 1.82) is 0 Å². The Balaban J connectivity index is 1.81. The monoisotopic (exact) mass is 563 g/mol. The van der Waals surface area contributed by atoms with Gasteiger partial charge in [-0.05, 0) is 58.3 Å². The fourth-order valence-electron chi connectivity index (χ4n) is 5.11. The van der Waals surface area contributed by atoms with E-state index in [1.165, 1.54) is 0 Å². The topological polar surface area (TPSA) is 62.6 Å². The minimum absolute atomic E-state index is 0.140. The fourth-order valence-corrected chi connectivity index (χ4v) is 5.79. The first-order valence-corrected chi connectivity index (χ1v) is 11.4. The number of fused-ring (bicyclic) bond motifs is 3. The van der Waals surface area contributed by atoms with Gasteiger partial charge >= 0.3 is 0 Å². The van der Waals surface area contributed by atoms with E-state index in [0.717, 1.165) is 19.2 Å². The van der Waals surface area contributed by atoms with Crippen molar-refractivity contribution in [3.05, 3.63) is 91.7 Å². The largest absolute Gasteiger partial charge is 0.476 e. The summed E-state index contributed by atoms with van der Waals surface area (Å²) < 4.78 is 8.58. The number of aliphatic hydroxyl groups is 2. The van der Waals surface area contributed by atoms with Gasteiger partial charge in [0, 0.05) is 32.7 Å². The summed E-state index contributed by atoms with van der Waals surface area (Å²) in [5.41, 5.74) is -0.0375. The summed E-state index contributed by atoms with van der Waals surface area (Å²) in [5.74, 6) is 0.0467. The number of aromatic nitrogens is 1. The Morgan fingerprint density at radius 3 is 2.55 bits per heavy atom. The van der Waals surface area contributed by atoms with E-state index in [1.807, 2.05) is 48.5 Å². The van der Waals surface area contributed by atoms with E-state index in [0.29, 0.717) is 17.9 Å². The van der Waals surface area contributed by atoms with Crippen LogP contribution in [0.4, 0.5) is 0 Å². The van der Waals surface area contributed by atoms with Crippen molar-refractivity contribution in [1.82, 2.24) is 4.98 Å². The number of rotatable bonds is 3. The molecule has 0 amide bonds. The van der Waals surface area contributed by atoms with Gasteiger partial charge in [-0.2, -0.15) is 0 Å². The number of nitrogens with zero attached hydrogens (tertiary/aromatic N) is 1. The lowest BCUT2D eigenvalue weighted by Crippen LogP contribution is -2.51. The molecule has 29 heavy (non-hydrogen) atoms. The highest BCUT2D eigenvalue weighted by atomic mass is 127. The van der Waals surface area contributed by atoms with Gasteiger partial charge in [0.05, 0.1) is 0 Å². The molecule has 0 bridgehead atoms. The van der Waals surface area contributed by atoms with Gasteiger partial charge in [0.25, 0.3) is 0 Å². The van der Waals surface area contributed by atoms with E-state index in [9.17, 15) is 10.2 Å². The lowest BCUT2D eigenvalue weighted by atomic mass is 9.71. The molecule has 148 valence electrons. The van der Waals surface area contributed by atoms with Crippen molar-refractivity contribution < 1.29 is 14.9 Å². The van der Waals surface area contributed by atoms with Crippen molar-refractivity contribution >= 4 is 38.5 Å². The third-order valence-corrected chi connectivity index (χ3v) is 7.43. The quantitative estimate of drug-likeness (QED) is 0.453. The van der Waals surface area contributed by atoms with E-state index >= 15 is 0 Å². The van der Waals surface area contributed by atoms with Crippen LogP contribution in [-0.4, -0.2) is 21.8 Å². The zero-order valence-electron chi connectivity index (χ0n) is 15.4. The molecule has 1 fully saturated rings. The van der Waals surface area contributed by atoms with Crippen LogP contribution in [0.1, 0.15) is 29.2 Å². The third kappa shape index (κ3) is 2.65. The molecule has 3 aromatic rings. The SMILES string of the molecule is OC[C@H]1C[C@@H](c2ccccc2)[C@]2(c3ccc(Br)cc3)Oc3cc(I)cnc3[C@]12O. The van der Waals surface area contributed by atoms with Gasteiger partial charge in [0.15, 0.2) is 11.2 Å². The Bertz CT molecular complexity index is 1060. The van der Waals surface area contributed by atoms with Crippen LogP contribution in [0.15, 0.2) is 71.3 Å². The molecule has 1 aromatic heterocycles. The molecule has 2 N–H and O–H groups in total. The summed E-state index contributed by atoms with van der Waals surface area (Å²) in [6, 6.07) is 19.9. The van der Waals surface area contributed by atoms with Crippen molar-refractivity contribution in [2.75, 3.05) is 6.61 Å². The second-order valence-corrected chi connectivity index (χ2v) is 9.85. The second kappa shape index (κ2) is 7.04. The number of halogens is 2. The highest BCUT2D eigenvalue weighted by Crippen LogP contribution is 2.68. The first-order valence-electron chi connectivity index (χ1n) is 9.50. The van der Waals surface area contributed by atoms with Crippen LogP contribution in [0.3, 0.4) is 0 Å². The normalized spacial score (nSPS) is 29.9. The molecule has 2 aliphatic rings. The molecular weight excluding hydrogens is 545 g/mol. The minimum Gasteiger partial charge on any atom is -0.476 e. The third-order valence-electron chi connectivity index (χ3n) is 6.31. The van der Waals surface area contributed by atoms with Gasteiger partial charge in [-0.1, -0.05) is 58.4 Å². The van der Waals surface area contributed by atoms with Gasteiger partial charge in [-0.25, -0.2) is 0 Å². The maximum atomic E-state index is 12.3. The molecule has 1 aliphatic carbocycles. The van der Waals surface area contributed by atoms with Crippen LogP contribution in [0.5, 0.6) is 5.75 Å². The van der Waals surface area contributed by atoms with Gasteiger partial charge in [0.1, 0.15) is 11.4 Å². The predicted octanol–water partition coefficient (Wildman–Crippen LogP) is 4.72. The Labute approximate surface area is 191 Å². The van der Waals surface area contributed by atoms with Crippen molar-refractivity contribution in [3.63, 3.8) is 0 Å². The van der Waals surface area contributed by atoms with Crippen LogP contribution in [0.2, 0.25) is 0 Å². The van der Waals surface area contributed by atoms with Gasteiger partial charge < -0.3 is 14.9 Å². The molecule has 2 heterocycles. The summed E-state index contributed by atoms with van der Waals surface area (Å²) in [5, 5.41) is 22.6. The molecule has 4 nitrogen and oxygen atoms in total. The average Bonchev–Trinajstić information content (AvgIpc) is 3.13. The highest BCUT2D eigenvalue weighted by molar-refractivity contribution is 14.1. The van der Waals surface area contributed by atoms with E-state index in [-0.39, 0.29) is 12.5 Å². The number of hydrogen-bond donors (Lipinski definition) is 2. The molecule has 1 saturated carbocycles.